The van der Waals surface area contributed by atoms with E-state index in [1.165, 1.54) is 10.9 Å². The number of halogens is 2. The van der Waals surface area contributed by atoms with Crippen LogP contribution in [0.25, 0.3) is 10.9 Å². The molecule has 1 aliphatic heterocycles. The monoisotopic (exact) mass is 327 g/mol. The second kappa shape index (κ2) is 7.95. The molecule has 0 radical (unpaired) electrons. The summed E-state index contributed by atoms with van der Waals surface area (Å²) in [5.41, 5.74) is 3.62. The minimum Gasteiger partial charge on any atom is -0.314 e. The average molecular weight is 328 g/mol. The number of rotatable bonds is 2. The van der Waals surface area contributed by atoms with Crippen LogP contribution in [0, 0.1) is 6.92 Å². The van der Waals surface area contributed by atoms with Gasteiger partial charge in [0.25, 0.3) is 0 Å². The van der Waals surface area contributed by atoms with Gasteiger partial charge in [-0.1, -0.05) is 18.2 Å². The van der Waals surface area contributed by atoms with E-state index < -0.39 is 0 Å². The highest BCUT2D eigenvalue weighted by Crippen LogP contribution is 2.21. The van der Waals surface area contributed by atoms with E-state index in [1.807, 2.05) is 0 Å². The summed E-state index contributed by atoms with van der Waals surface area (Å²) in [5, 5.41) is 4.74. The number of hydrogen-bond acceptors (Lipinski definition) is 3. The molecule has 1 aromatic heterocycles. The van der Waals surface area contributed by atoms with Crippen LogP contribution in [0.5, 0.6) is 0 Å². The summed E-state index contributed by atoms with van der Waals surface area (Å²) < 4.78 is 0. The molecule has 0 aliphatic carbocycles. The molecule has 1 N–H and O–H groups in total. The van der Waals surface area contributed by atoms with Gasteiger partial charge in [-0.25, -0.2) is 0 Å². The lowest BCUT2D eigenvalue weighted by Gasteiger charge is -2.34. The molecule has 0 amide bonds. The SMILES string of the molecule is Cc1cc(CN2CCNCC2C)c2ccccc2n1.Cl.Cl. The summed E-state index contributed by atoms with van der Waals surface area (Å²) in [5.74, 6) is 0. The first kappa shape index (κ1) is 18.2. The molecule has 1 saturated heterocycles. The number of benzene rings is 1. The zero-order valence-electron chi connectivity index (χ0n) is 12.5. The number of aromatic nitrogens is 1. The van der Waals surface area contributed by atoms with E-state index in [0.717, 1.165) is 37.4 Å². The first-order valence-corrected chi connectivity index (χ1v) is 7.04. The fourth-order valence-electron chi connectivity index (χ4n) is 2.86. The zero-order valence-corrected chi connectivity index (χ0v) is 14.1. The number of aryl methyl sites for hydroxylation is 1. The van der Waals surface area contributed by atoms with Crippen molar-refractivity contribution in [3.05, 3.63) is 41.6 Å². The van der Waals surface area contributed by atoms with Crippen LogP contribution in [0.2, 0.25) is 0 Å². The molecule has 3 nitrogen and oxygen atoms in total. The highest BCUT2D eigenvalue weighted by molar-refractivity contribution is 5.85. The molecule has 2 heterocycles. The third-order valence-corrected chi connectivity index (χ3v) is 3.94. The maximum absolute atomic E-state index is 4.62. The minimum atomic E-state index is 0. The Kier molecular flexibility index (Phi) is 6.88. The van der Waals surface area contributed by atoms with E-state index in [4.69, 9.17) is 0 Å². The van der Waals surface area contributed by atoms with Crippen LogP contribution < -0.4 is 5.32 Å². The topological polar surface area (TPSA) is 28.2 Å². The second-order valence-corrected chi connectivity index (χ2v) is 5.46. The van der Waals surface area contributed by atoms with Crippen LogP contribution in [0.3, 0.4) is 0 Å². The Bertz CT molecular complexity index is 589. The molecule has 0 bridgehead atoms. The average Bonchev–Trinajstić information content (AvgIpc) is 2.41. The molecule has 116 valence electrons. The lowest BCUT2D eigenvalue weighted by atomic mass is 10.1. The summed E-state index contributed by atoms with van der Waals surface area (Å²) in [7, 11) is 0. The van der Waals surface area contributed by atoms with Gasteiger partial charge >= 0.3 is 0 Å². The molecule has 1 unspecified atom stereocenters. The molecule has 0 saturated carbocycles. The van der Waals surface area contributed by atoms with Crippen molar-refractivity contribution in [2.45, 2.75) is 26.4 Å². The molecule has 1 aliphatic rings. The van der Waals surface area contributed by atoms with Crippen LogP contribution in [0.4, 0.5) is 0 Å². The first-order chi connectivity index (χ1) is 9.24. The smallest absolute Gasteiger partial charge is 0.0708 e. The van der Waals surface area contributed by atoms with Crippen LogP contribution in [0.15, 0.2) is 30.3 Å². The quantitative estimate of drug-likeness (QED) is 0.918. The zero-order chi connectivity index (χ0) is 13.2. The summed E-state index contributed by atoms with van der Waals surface area (Å²) in [6.45, 7) is 8.69. The third-order valence-electron chi connectivity index (χ3n) is 3.94. The van der Waals surface area contributed by atoms with Crippen molar-refractivity contribution in [3.63, 3.8) is 0 Å². The van der Waals surface area contributed by atoms with Crippen molar-refractivity contribution >= 4 is 35.7 Å². The van der Waals surface area contributed by atoms with Crippen molar-refractivity contribution in [3.8, 4) is 0 Å². The van der Waals surface area contributed by atoms with Crippen molar-refractivity contribution in [1.29, 1.82) is 0 Å². The van der Waals surface area contributed by atoms with E-state index in [0.29, 0.717) is 6.04 Å². The largest absolute Gasteiger partial charge is 0.314 e. The maximum atomic E-state index is 4.62. The number of pyridine rings is 1. The van der Waals surface area contributed by atoms with Crippen molar-refractivity contribution in [2.24, 2.45) is 0 Å². The summed E-state index contributed by atoms with van der Waals surface area (Å²) >= 11 is 0. The van der Waals surface area contributed by atoms with E-state index in [2.05, 4.69) is 59.4 Å². The molecular formula is C16H23Cl2N3. The summed E-state index contributed by atoms with van der Waals surface area (Å²) in [6.07, 6.45) is 0. The number of para-hydroxylation sites is 1. The van der Waals surface area contributed by atoms with Gasteiger partial charge in [0.15, 0.2) is 0 Å². The number of hydrogen-bond donors (Lipinski definition) is 1. The normalized spacial score (nSPS) is 18.9. The van der Waals surface area contributed by atoms with Crippen molar-refractivity contribution < 1.29 is 0 Å². The molecule has 3 rings (SSSR count). The maximum Gasteiger partial charge on any atom is 0.0708 e. The molecule has 2 aromatic rings. The van der Waals surface area contributed by atoms with E-state index in [9.17, 15) is 0 Å². The molecule has 1 fully saturated rings. The summed E-state index contributed by atoms with van der Waals surface area (Å²) in [4.78, 5) is 7.17. The van der Waals surface area contributed by atoms with Gasteiger partial charge in [0.05, 0.1) is 5.52 Å². The Morgan fingerprint density at radius 2 is 2.05 bits per heavy atom. The van der Waals surface area contributed by atoms with Crippen molar-refractivity contribution in [1.82, 2.24) is 15.2 Å². The first-order valence-electron chi connectivity index (χ1n) is 7.04. The highest BCUT2D eigenvalue weighted by Gasteiger charge is 2.18. The molecule has 1 aromatic carbocycles. The van der Waals surface area contributed by atoms with Crippen LogP contribution in [0.1, 0.15) is 18.2 Å². The Labute approximate surface area is 138 Å². The predicted octanol–water partition coefficient (Wildman–Crippen LogP) is 3.18. The number of fused-ring (bicyclic) bond motifs is 1. The van der Waals surface area contributed by atoms with Crippen LogP contribution in [-0.2, 0) is 6.54 Å². The Morgan fingerprint density at radius 3 is 2.81 bits per heavy atom. The van der Waals surface area contributed by atoms with Gasteiger partial charge in [0.1, 0.15) is 0 Å². The van der Waals surface area contributed by atoms with Crippen LogP contribution >= 0.6 is 24.8 Å². The lowest BCUT2D eigenvalue weighted by Crippen LogP contribution is -2.49. The summed E-state index contributed by atoms with van der Waals surface area (Å²) in [6, 6.07) is 11.3. The third kappa shape index (κ3) is 4.07. The van der Waals surface area contributed by atoms with E-state index in [1.54, 1.807) is 0 Å². The number of nitrogens with zero attached hydrogens (tertiary/aromatic N) is 2. The lowest BCUT2D eigenvalue weighted by molar-refractivity contribution is 0.166. The standard InChI is InChI=1S/C16H21N3.2ClH/c1-12-9-14(11-19-8-7-17-10-13(19)2)15-5-3-4-6-16(15)18-12;;/h3-6,9,13,17H,7-8,10-11H2,1-2H3;2*1H. The fourth-order valence-corrected chi connectivity index (χ4v) is 2.86. The minimum absolute atomic E-state index is 0. The van der Waals surface area contributed by atoms with Gasteiger partial charge in [-0.05, 0) is 31.5 Å². The van der Waals surface area contributed by atoms with Gasteiger partial charge in [-0.2, -0.15) is 0 Å². The fraction of sp³-hybridized carbons (Fsp3) is 0.438. The van der Waals surface area contributed by atoms with Crippen molar-refractivity contribution in [2.75, 3.05) is 19.6 Å². The van der Waals surface area contributed by atoms with Gasteiger partial charge in [0, 0.05) is 43.3 Å². The van der Waals surface area contributed by atoms with E-state index in [-0.39, 0.29) is 24.8 Å². The van der Waals surface area contributed by atoms with Crippen LogP contribution in [-0.4, -0.2) is 35.6 Å². The number of piperazine rings is 1. The molecule has 5 heteroatoms. The molecule has 0 spiro atoms. The van der Waals surface area contributed by atoms with Gasteiger partial charge in [-0.15, -0.1) is 24.8 Å². The molecular weight excluding hydrogens is 305 g/mol. The van der Waals surface area contributed by atoms with E-state index >= 15 is 0 Å². The highest BCUT2D eigenvalue weighted by atomic mass is 35.5. The van der Waals surface area contributed by atoms with Gasteiger partial charge in [-0.3, -0.25) is 9.88 Å². The predicted molar refractivity (Wildman–Crippen MR) is 93.7 cm³/mol. The van der Waals surface area contributed by atoms with Gasteiger partial charge in [0.2, 0.25) is 0 Å². The molecule has 1 atom stereocenters. The Balaban J connectivity index is 0.00000110. The number of nitrogens with one attached hydrogen (secondary N) is 1. The molecule has 21 heavy (non-hydrogen) atoms. The Hall–Kier alpha value is -0.870. The van der Waals surface area contributed by atoms with Gasteiger partial charge < -0.3 is 5.32 Å². The second-order valence-electron chi connectivity index (χ2n) is 5.46. The Morgan fingerprint density at radius 1 is 1.29 bits per heavy atom.